The fourth-order valence-electron chi connectivity index (χ4n) is 1.38. The minimum absolute atomic E-state index is 0.223. The first kappa shape index (κ1) is 13.5. The molecule has 1 N–H and O–H groups in total. The molecule has 1 aromatic rings. The number of carbonyl (C=O) groups excluding carboxylic acids is 1. The Kier molecular flexibility index (Phi) is 5.20. The molecule has 4 heteroatoms. The van der Waals surface area contributed by atoms with Crippen molar-refractivity contribution < 1.29 is 4.79 Å². The maximum atomic E-state index is 11.9. The number of nitriles is 1. The van der Waals surface area contributed by atoms with Crippen LogP contribution in [0.4, 0.5) is 10.5 Å². The van der Waals surface area contributed by atoms with E-state index in [2.05, 4.69) is 18.5 Å². The molecule has 0 aliphatic carbocycles. The van der Waals surface area contributed by atoms with Gasteiger partial charge in [0.2, 0.25) is 0 Å². The monoisotopic (exact) mass is 241 g/mol. The van der Waals surface area contributed by atoms with Crippen LogP contribution < -0.4 is 5.32 Å². The lowest BCUT2D eigenvalue weighted by Crippen LogP contribution is -2.35. The normalized spacial score (nSPS) is 9.06. The first-order chi connectivity index (χ1) is 8.71. The second kappa shape index (κ2) is 6.92. The van der Waals surface area contributed by atoms with Gasteiger partial charge in [-0.3, -0.25) is 0 Å². The first-order valence-electron chi connectivity index (χ1n) is 5.49. The Morgan fingerprint density at radius 2 is 1.83 bits per heavy atom. The molecule has 0 spiro atoms. The third-order valence-electron chi connectivity index (χ3n) is 2.25. The second-order valence-corrected chi connectivity index (χ2v) is 3.60. The Bertz CT molecular complexity index is 461. The van der Waals surface area contributed by atoms with E-state index >= 15 is 0 Å². The molecule has 0 atom stereocenters. The Balaban J connectivity index is 2.69. The van der Waals surface area contributed by atoms with Gasteiger partial charge in [-0.1, -0.05) is 12.2 Å². The van der Waals surface area contributed by atoms with Crippen LogP contribution in [-0.4, -0.2) is 24.0 Å². The van der Waals surface area contributed by atoms with Gasteiger partial charge in [0, 0.05) is 18.8 Å². The van der Waals surface area contributed by atoms with Crippen molar-refractivity contribution in [2.24, 2.45) is 0 Å². The number of hydrogen-bond acceptors (Lipinski definition) is 2. The van der Waals surface area contributed by atoms with Crippen LogP contribution in [0.15, 0.2) is 49.6 Å². The van der Waals surface area contributed by atoms with E-state index in [1.807, 2.05) is 6.07 Å². The lowest BCUT2D eigenvalue weighted by molar-refractivity contribution is 0.222. The number of urea groups is 1. The molecule has 92 valence electrons. The maximum Gasteiger partial charge on any atom is 0.322 e. The molecule has 0 aliphatic heterocycles. The van der Waals surface area contributed by atoms with Gasteiger partial charge in [0.15, 0.2) is 0 Å². The van der Waals surface area contributed by atoms with E-state index in [0.717, 1.165) is 0 Å². The van der Waals surface area contributed by atoms with E-state index in [-0.39, 0.29) is 6.03 Å². The number of hydrogen-bond donors (Lipinski definition) is 1. The average Bonchev–Trinajstić information content (AvgIpc) is 2.39. The van der Waals surface area contributed by atoms with Crippen molar-refractivity contribution in [3.05, 3.63) is 55.1 Å². The molecule has 1 rings (SSSR count). The number of rotatable bonds is 5. The predicted octanol–water partition coefficient (Wildman–Crippen LogP) is 2.76. The van der Waals surface area contributed by atoms with Gasteiger partial charge in [0.1, 0.15) is 0 Å². The number of carbonyl (C=O) groups is 1. The van der Waals surface area contributed by atoms with Crippen LogP contribution in [-0.2, 0) is 0 Å². The standard InChI is InChI=1S/C14H15N3O/c1-3-9-17(10-4-2)14(18)16-13-7-5-12(11-15)6-8-13/h3-8H,1-2,9-10H2,(H,16,18). The molecule has 0 saturated carbocycles. The summed E-state index contributed by atoms with van der Waals surface area (Å²) in [5.74, 6) is 0. The van der Waals surface area contributed by atoms with Gasteiger partial charge in [-0.25, -0.2) is 4.79 Å². The highest BCUT2D eigenvalue weighted by Gasteiger charge is 2.10. The maximum absolute atomic E-state index is 11.9. The largest absolute Gasteiger partial charge is 0.322 e. The number of amides is 2. The summed E-state index contributed by atoms with van der Waals surface area (Å²) in [5.41, 5.74) is 1.21. The fourth-order valence-corrected chi connectivity index (χ4v) is 1.38. The zero-order chi connectivity index (χ0) is 13.4. The third kappa shape index (κ3) is 3.80. The summed E-state index contributed by atoms with van der Waals surface area (Å²) in [6.07, 6.45) is 3.31. The number of nitrogens with zero attached hydrogens (tertiary/aromatic N) is 2. The number of benzene rings is 1. The fraction of sp³-hybridized carbons (Fsp3) is 0.143. The van der Waals surface area contributed by atoms with E-state index in [4.69, 9.17) is 5.26 Å². The molecule has 0 fully saturated rings. The van der Waals surface area contributed by atoms with E-state index in [1.165, 1.54) is 0 Å². The summed E-state index contributed by atoms with van der Waals surface area (Å²) < 4.78 is 0. The van der Waals surface area contributed by atoms with Gasteiger partial charge in [-0.15, -0.1) is 13.2 Å². The Hall–Kier alpha value is -2.54. The van der Waals surface area contributed by atoms with E-state index in [1.54, 1.807) is 41.3 Å². The third-order valence-corrected chi connectivity index (χ3v) is 2.25. The predicted molar refractivity (Wildman–Crippen MR) is 72.1 cm³/mol. The number of anilines is 1. The highest BCUT2D eigenvalue weighted by Crippen LogP contribution is 2.09. The minimum atomic E-state index is -0.223. The van der Waals surface area contributed by atoms with Crippen LogP contribution in [0.1, 0.15) is 5.56 Å². The molecule has 0 unspecified atom stereocenters. The van der Waals surface area contributed by atoms with Crippen LogP contribution in [0.3, 0.4) is 0 Å². The van der Waals surface area contributed by atoms with Gasteiger partial charge in [-0.05, 0) is 24.3 Å². The van der Waals surface area contributed by atoms with Crippen molar-refractivity contribution in [1.29, 1.82) is 5.26 Å². The summed E-state index contributed by atoms with van der Waals surface area (Å²) in [6, 6.07) is 8.49. The van der Waals surface area contributed by atoms with Gasteiger partial charge < -0.3 is 10.2 Å². The van der Waals surface area contributed by atoms with Crippen molar-refractivity contribution in [2.45, 2.75) is 0 Å². The Labute approximate surface area is 107 Å². The van der Waals surface area contributed by atoms with Gasteiger partial charge in [-0.2, -0.15) is 5.26 Å². The molecule has 2 amide bonds. The second-order valence-electron chi connectivity index (χ2n) is 3.60. The van der Waals surface area contributed by atoms with Crippen molar-refractivity contribution in [1.82, 2.24) is 4.90 Å². The van der Waals surface area contributed by atoms with E-state index in [0.29, 0.717) is 24.3 Å². The lowest BCUT2D eigenvalue weighted by atomic mass is 10.2. The molecule has 0 aromatic heterocycles. The summed E-state index contributed by atoms with van der Waals surface area (Å²) in [5, 5.41) is 11.4. The smallest absolute Gasteiger partial charge is 0.317 e. The average molecular weight is 241 g/mol. The number of nitrogens with one attached hydrogen (secondary N) is 1. The molecule has 0 saturated heterocycles. The van der Waals surface area contributed by atoms with Gasteiger partial charge >= 0.3 is 6.03 Å². The van der Waals surface area contributed by atoms with Crippen LogP contribution in [0.25, 0.3) is 0 Å². The topological polar surface area (TPSA) is 56.1 Å². The van der Waals surface area contributed by atoms with E-state index < -0.39 is 0 Å². The first-order valence-corrected chi connectivity index (χ1v) is 5.49. The SMILES string of the molecule is C=CCN(CC=C)C(=O)Nc1ccc(C#N)cc1. The Morgan fingerprint density at radius 1 is 1.28 bits per heavy atom. The molecule has 1 aromatic carbocycles. The van der Waals surface area contributed by atoms with Crippen LogP contribution in [0.5, 0.6) is 0 Å². The molecular formula is C14H15N3O. The lowest BCUT2D eigenvalue weighted by Gasteiger charge is -2.19. The Morgan fingerprint density at radius 3 is 2.28 bits per heavy atom. The van der Waals surface area contributed by atoms with E-state index in [9.17, 15) is 4.79 Å². The molecule has 4 nitrogen and oxygen atoms in total. The summed E-state index contributed by atoms with van der Waals surface area (Å²) in [7, 11) is 0. The zero-order valence-corrected chi connectivity index (χ0v) is 10.1. The van der Waals surface area contributed by atoms with Crippen molar-refractivity contribution >= 4 is 11.7 Å². The quantitative estimate of drug-likeness (QED) is 0.806. The van der Waals surface area contributed by atoms with Gasteiger partial charge in [0.05, 0.1) is 11.6 Å². The van der Waals surface area contributed by atoms with Crippen LogP contribution in [0.2, 0.25) is 0 Å². The highest BCUT2D eigenvalue weighted by atomic mass is 16.2. The van der Waals surface area contributed by atoms with Crippen molar-refractivity contribution in [3.8, 4) is 6.07 Å². The summed E-state index contributed by atoms with van der Waals surface area (Å²) in [4.78, 5) is 13.5. The molecule has 0 heterocycles. The van der Waals surface area contributed by atoms with Crippen LogP contribution >= 0.6 is 0 Å². The summed E-state index contributed by atoms with van der Waals surface area (Å²) >= 11 is 0. The molecule has 0 radical (unpaired) electrons. The van der Waals surface area contributed by atoms with Crippen LogP contribution in [0, 0.1) is 11.3 Å². The van der Waals surface area contributed by atoms with Crippen molar-refractivity contribution in [2.75, 3.05) is 18.4 Å². The molecule has 0 aliphatic rings. The van der Waals surface area contributed by atoms with Crippen molar-refractivity contribution in [3.63, 3.8) is 0 Å². The van der Waals surface area contributed by atoms with Gasteiger partial charge in [0.25, 0.3) is 0 Å². The zero-order valence-electron chi connectivity index (χ0n) is 10.1. The minimum Gasteiger partial charge on any atom is -0.317 e. The molecule has 18 heavy (non-hydrogen) atoms. The highest BCUT2D eigenvalue weighted by molar-refractivity contribution is 5.89. The molecule has 0 bridgehead atoms. The molecular weight excluding hydrogens is 226 g/mol. The summed E-state index contributed by atoms with van der Waals surface area (Å²) in [6.45, 7) is 8.11.